The smallest absolute Gasteiger partial charge is 0.227 e. The van der Waals surface area contributed by atoms with Gasteiger partial charge >= 0.3 is 0 Å². The van der Waals surface area contributed by atoms with Gasteiger partial charge < -0.3 is 24.7 Å². The first-order valence-corrected chi connectivity index (χ1v) is 18.2. The van der Waals surface area contributed by atoms with Crippen LogP contribution in [-0.2, 0) is 9.84 Å². The molecule has 1 saturated heterocycles. The first-order chi connectivity index (χ1) is 20.3. The van der Waals surface area contributed by atoms with Gasteiger partial charge in [0.15, 0.2) is 8.32 Å². The predicted molar refractivity (Wildman–Crippen MR) is 177 cm³/mol. The minimum atomic E-state index is -1.95. The van der Waals surface area contributed by atoms with E-state index in [4.69, 9.17) is 14.1 Å². The third-order valence-corrected chi connectivity index (χ3v) is 13.9. The summed E-state index contributed by atoms with van der Waals surface area (Å²) in [6, 6.07) is 14.6. The third kappa shape index (κ3) is 6.72. The molecule has 2 aliphatic rings. The average Bonchev–Trinajstić information content (AvgIpc) is 3.30. The van der Waals surface area contributed by atoms with E-state index in [1.165, 1.54) is 0 Å². The molecule has 3 aromatic rings. The summed E-state index contributed by atoms with van der Waals surface area (Å²) in [4.78, 5) is 11.8. The fourth-order valence-corrected chi connectivity index (χ4v) is 6.55. The molecule has 9 heteroatoms. The van der Waals surface area contributed by atoms with Crippen LogP contribution in [0.15, 0.2) is 42.6 Å². The van der Waals surface area contributed by atoms with Crippen LogP contribution >= 0.6 is 0 Å². The van der Waals surface area contributed by atoms with Gasteiger partial charge in [0, 0.05) is 43.4 Å². The fourth-order valence-electron chi connectivity index (χ4n) is 5.44. The summed E-state index contributed by atoms with van der Waals surface area (Å²) in [6.07, 6.45) is 3.95. The zero-order chi connectivity index (χ0) is 31.0. The maximum absolute atomic E-state index is 10.1. The number of hydrogen-bond donors (Lipinski definition) is 2. The van der Waals surface area contributed by atoms with Crippen molar-refractivity contribution < 1.29 is 9.16 Å². The van der Waals surface area contributed by atoms with Crippen molar-refractivity contribution in [2.45, 2.75) is 77.1 Å². The lowest BCUT2D eigenvalue weighted by Gasteiger charge is -2.39. The summed E-state index contributed by atoms with van der Waals surface area (Å²) in [5.41, 5.74) is 5.96. The summed E-state index contributed by atoms with van der Waals surface area (Å²) >= 11 is 0. The number of aromatic nitrogens is 2. The maximum atomic E-state index is 10.1. The number of aryl methyl sites for hydroxylation is 1. The number of likely N-dealkylation sites (tertiary alicyclic amines) is 1. The molecule has 1 aromatic heterocycles. The predicted octanol–water partition coefficient (Wildman–Crippen LogP) is 7.25. The molecule has 0 unspecified atom stereocenters. The highest BCUT2D eigenvalue weighted by molar-refractivity contribution is 6.74. The number of nitrogens with zero attached hydrogens (tertiary/aromatic N) is 4. The highest BCUT2D eigenvalue weighted by Crippen LogP contribution is 2.44. The number of hydrogen-bond acceptors (Lipinski definition) is 8. The fraction of sp³-hybridized carbons (Fsp3) is 0.500. The molecule has 8 nitrogen and oxygen atoms in total. The van der Waals surface area contributed by atoms with Crippen LogP contribution in [0.2, 0.25) is 18.1 Å². The zero-order valence-corrected chi connectivity index (χ0v) is 28.0. The van der Waals surface area contributed by atoms with Crippen LogP contribution < -0.4 is 15.4 Å². The molecule has 228 valence electrons. The number of rotatable bonds is 8. The van der Waals surface area contributed by atoms with Crippen LogP contribution in [0.4, 0.5) is 17.3 Å². The Balaban J connectivity index is 1.42. The maximum Gasteiger partial charge on any atom is 0.227 e. The molecule has 0 saturated carbocycles. The van der Waals surface area contributed by atoms with Crippen molar-refractivity contribution in [2.24, 2.45) is 0 Å². The average molecular weight is 599 g/mol. The summed E-state index contributed by atoms with van der Waals surface area (Å²) in [7, 11) is 0.208. The lowest BCUT2D eigenvalue weighted by Crippen LogP contribution is -2.45. The van der Waals surface area contributed by atoms with E-state index in [9.17, 15) is 5.26 Å². The Morgan fingerprint density at radius 3 is 2.60 bits per heavy atom. The lowest BCUT2D eigenvalue weighted by atomic mass is 9.83. The second-order valence-corrected chi connectivity index (χ2v) is 18.8. The Bertz CT molecular complexity index is 1520. The molecule has 2 aliphatic heterocycles. The first-order valence-electron chi connectivity index (χ1n) is 15.3. The van der Waals surface area contributed by atoms with E-state index in [0.717, 1.165) is 72.0 Å². The standard InChI is InChI=1S/C34H46N6O2Si/c1-23-9-10-30(42-26-12-15-40(6)16-13-26)29(17-23)39-32-36-14-11-28(38-32)24-18-25(20-35)31-27(19-24)34(5,21-37-31)22-41-43(7,8)33(2,3)4/h9-11,14,17-19,26,37H,12-13,15-16,21-22H2,1-8H3,(H,36,38,39)/t34-/m1/s1. The van der Waals surface area contributed by atoms with Crippen LogP contribution in [0.25, 0.3) is 11.3 Å². The summed E-state index contributed by atoms with van der Waals surface area (Å²) in [6.45, 7) is 19.0. The topological polar surface area (TPSA) is 95.3 Å². The van der Waals surface area contributed by atoms with E-state index in [1.807, 2.05) is 18.2 Å². The summed E-state index contributed by atoms with van der Waals surface area (Å²) in [5.74, 6) is 1.29. The molecule has 0 amide bonds. The van der Waals surface area contributed by atoms with Gasteiger partial charge in [-0.2, -0.15) is 5.26 Å². The van der Waals surface area contributed by atoms with Gasteiger partial charge in [0.2, 0.25) is 5.95 Å². The number of piperidine rings is 1. The molecule has 43 heavy (non-hydrogen) atoms. The Morgan fingerprint density at radius 2 is 1.91 bits per heavy atom. The van der Waals surface area contributed by atoms with Crippen molar-refractivity contribution in [2.75, 3.05) is 43.9 Å². The molecule has 3 heterocycles. The van der Waals surface area contributed by atoms with Crippen LogP contribution in [0, 0.1) is 18.3 Å². The first kappa shape index (κ1) is 31.0. The Hall–Kier alpha value is -3.45. The van der Waals surface area contributed by atoms with E-state index < -0.39 is 8.32 Å². The highest BCUT2D eigenvalue weighted by Gasteiger charge is 2.42. The van der Waals surface area contributed by atoms with E-state index in [-0.39, 0.29) is 16.6 Å². The van der Waals surface area contributed by atoms with Gasteiger partial charge in [-0.3, -0.25) is 0 Å². The largest absolute Gasteiger partial charge is 0.488 e. The number of ether oxygens (including phenoxy) is 1. The van der Waals surface area contributed by atoms with Gasteiger partial charge in [-0.1, -0.05) is 33.8 Å². The molecule has 2 N–H and O–H groups in total. The van der Waals surface area contributed by atoms with Crippen molar-refractivity contribution in [1.82, 2.24) is 14.9 Å². The zero-order valence-electron chi connectivity index (χ0n) is 27.0. The minimum Gasteiger partial charge on any atom is -0.488 e. The molecule has 0 aliphatic carbocycles. The quantitative estimate of drug-likeness (QED) is 0.262. The summed E-state index contributed by atoms with van der Waals surface area (Å²) in [5, 5.41) is 17.1. The monoisotopic (exact) mass is 598 g/mol. The molecular formula is C34H46N6O2Si. The second-order valence-electron chi connectivity index (χ2n) is 14.0. The van der Waals surface area contributed by atoms with Gasteiger partial charge in [-0.15, -0.1) is 0 Å². The normalized spacial score (nSPS) is 19.4. The van der Waals surface area contributed by atoms with Crippen molar-refractivity contribution in [3.05, 3.63) is 59.3 Å². The number of benzene rings is 2. The lowest BCUT2D eigenvalue weighted by molar-refractivity contribution is 0.115. The van der Waals surface area contributed by atoms with E-state index in [1.54, 1.807) is 6.20 Å². The number of fused-ring (bicyclic) bond motifs is 1. The second kappa shape index (κ2) is 11.9. The highest BCUT2D eigenvalue weighted by atomic mass is 28.4. The van der Waals surface area contributed by atoms with Gasteiger partial charge in [0.25, 0.3) is 0 Å². The molecule has 1 atom stereocenters. The molecule has 1 fully saturated rings. The van der Waals surface area contributed by atoms with Crippen molar-refractivity contribution in [3.63, 3.8) is 0 Å². The number of nitrogens with one attached hydrogen (secondary N) is 2. The van der Waals surface area contributed by atoms with E-state index in [0.29, 0.717) is 18.1 Å². The molecule has 0 radical (unpaired) electrons. The van der Waals surface area contributed by atoms with Crippen LogP contribution in [0.1, 0.15) is 57.2 Å². The van der Waals surface area contributed by atoms with Crippen LogP contribution in [0.5, 0.6) is 5.75 Å². The van der Waals surface area contributed by atoms with Crippen molar-refractivity contribution in [3.8, 4) is 23.1 Å². The molecule has 2 aromatic carbocycles. The molecule has 0 bridgehead atoms. The number of anilines is 3. The van der Waals surface area contributed by atoms with Crippen molar-refractivity contribution >= 4 is 25.6 Å². The minimum absolute atomic E-state index is 0.123. The molecule has 0 spiro atoms. The van der Waals surface area contributed by atoms with Gasteiger partial charge in [0.1, 0.15) is 17.9 Å². The summed E-state index contributed by atoms with van der Waals surface area (Å²) < 4.78 is 13.1. The third-order valence-electron chi connectivity index (χ3n) is 9.41. The molecule has 5 rings (SSSR count). The molecular weight excluding hydrogens is 553 g/mol. The van der Waals surface area contributed by atoms with Crippen LogP contribution in [-0.4, -0.2) is 62.6 Å². The number of nitriles is 1. The SMILES string of the molecule is Cc1ccc(OC2CCN(C)CC2)c(Nc2nccc(-c3cc(C#N)c4c(c3)[C@@](C)(CO[Si](C)(C)C(C)(C)C)CN4)n2)c1. The Kier molecular flexibility index (Phi) is 8.58. The van der Waals surface area contributed by atoms with Crippen LogP contribution in [0.3, 0.4) is 0 Å². The Labute approximate surface area is 258 Å². The van der Waals surface area contributed by atoms with Gasteiger partial charge in [0.05, 0.1) is 22.6 Å². The van der Waals surface area contributed by atoms with Crippen molar-refractivity contribution in [1.29, 1.82) is 5.26 Å². The van der Waals surface area contributed by atoms with Gasteiger partial charge in [-0.05, 0) is 86.4 Å². The van der Waals surface area contributed by atoms with E-state index in [2.05, 4.69) is 99.5 Å². The Morgan fingerprint density at radius 1 is 1.16 bits per heavy atom. The van der Waals surface area contributed by atoms with E-state index >= 15 is 0 Å². The van der Waals surface area contributed by atoms with Gasteiger partial charge in [-0.25, -0.2) is 9.97 Å².